The second kappa shape index (κ2) is 7.77. The topological polar surface area (TPSA) is 38.5 Å². The van der Waals surface area contributed by atoms with Crippen LogP contribution in [0.4, 0.5) is 0 Å². The molecule has 0 aromatic heterocycles. The summed E-state index contributed by atoms with van der Waals surface area (Å²) >= 11 is 6.39. The smallest absolute Gasteiger partial charge is 0.137 e. The van der Waals surface area contributed by atoms with Gasteiger partial charge in [-0.1, -0.05) is 35.9 Å². The number of ether oxygens (including phenoxy) is 1. The highest BCUT2D eigenvalue weighted by Gasteiger charge is 2.36. The maximum absolute atomic E-state index is 6.39. The normalized spacial score (nSPS) is 21.8. The molecule has 2 aliphatic rings. The first-order valence-electron chi connectivity index (χ1n) is 8.91. The monoisotopic (exact) mass is 358 g/mol. The summed E-state index contributed by atoms with van der Waals surface area (Å²) in [5, 5.41) is 0.719. The minimum atomic E-state index is 0.411. The van der Waals surface area contributed by atoms with Crippen molar-refractivity contribution in [2.24, 2.45) is 5.73 Å². The zero-order valence-electron chi connectivity index (χ0n) is 15.3. The molecule has 3 nitrogen and oxygen atoms in total. The Balaban J connectivity index is 0.000000880. The van der Waals surface area contributed by atoms with Crippen LogP contribution in [0.2, 0.25) is 5.02 Å². The molecule has 0 saturated heterocycles. The maximum atomic E-state index is 6.39. The van der Waals surface area contributed by atoms with Gasteiger partial charge in [0.15, 0.2) is 0 Å². The average Bonchev–Trinajstić information content (AvgIpc) is 2.80. The van der Waals surface area contributed by atoms with E-state index in [1.54, 1.807) is 7.11 Å². The van der Waals surface area contributed by atoms with Gasteiger partial charge < -0.3 is 15.4 Å². The maximum Gasteiger partial charge on any atom is 0.137 e. The van der Waals surface area contributed by atoms with Crippen LogP contribution in [-0.4, -0.2) is 38.7 Å². The van der Waals surface area contributed by atoms with Gasteiger partial charge in [0, 0.05) is 18.5 Å². The van der Waals surface area contributed by atoms with Gasteiger partial charge in [0.25, 0.3) is 0 Å². The lowest BCUT2D eigenvalue weighted by Gasteiger charge is -2.38. The van der Waals surface area contributed by atoms with E-state index >= 15 is 0 Å². The van der Waals surface area contributed by atoms with Crippen molar-refractivity contribution in [3.05, 3.63) is 63.7 Å². The van der Waals surface area contributed by atoms with Crippen molar-refractivity contribution in [2.75, 3.05) is 27.7 Å². The third kappa shape index (κ3) is 3.29. The first-order valence-corrected chi connectivity index (χ1v) is 9.29. The van der Waals surface area contributed by atoms with Gasteiger partial charge in [-0.15, -0.1) is 0 Å². The standard InChI is InChI=1S/C20H22ClNO.CH5N/c1-22-10-9-14-11-17(21)19(23-2)12-16(14)20-15-6-4-3-5-13(15)7-8-18(20)22;1-2/h3-6,11-12,18,20H,7-10H2,1-2H3;2H2,1H3/t18-,20+;/m0./s1. The van der Waals surface area contributed by atoms with Gasteiger partial charge in [-0.2, -0.15) is 0 Å². The second-order valence-electron chi connectivity index (χ2n) is 6.70. The highest BCUT2D eigenvalue weighted by atomic mass is 35.5. The van der Waals surface area contributed by atoms with E-state index in [1.807, 2.05) is 0 Å². The van der Waals surface area contributed by atoms with Crippen LogP contribution < -0.4 is 10.5 Å². The summed E-state index contributed by atoms with van der Waals surface area (Å²) in [5.74, 6) is 1.20. The molecular weight excluding hydrogens is 332 g/mol. The molecule has 1 heterocycles. The minimum absolute atomic E-state index is 0.411. The summed E-state index contributed by atoms with van der Waals surface area (Å²) in [6.07, 6.45) is 3.43. The van der Waals surface area contributed by atoms with Crippen LogP contribution in [0.3, 0.4) is 0 Å². The van der Waals surface area contributed by atoms with Crippen molar-refractivity contribution in [1.29, 1.82) is 0 Å². The second-order valence-corrected chi connectivity index (χ2v) is 7.11. The Morgan fingerprint density at radius 2 is 1.84 bits per heavy atom. The number of fused-ring (bicyclic) bond motifs is 5. The van der Waals surface area contributed by atoms with Gasteiger partial charge in [-0.3, -0.25) is 0 Å². The lowest BCUT2D eigenvalue weighted by atomic mass is 9.74. The molecule has 4 heteroatoms. The number of likely N-dealkylation sites (N-methyl/N-ethyl adjacent to an activating group) is 1. The number of rotatable bonds is 1. The molecule has 0 spiro atoms. The number of halogens is 1. The molecule has 0 bridgehead atoms. The average molecular weight is 359 g/mol. The molecule has 4 rings (SSSR count). The van der Waals surface area contributed by atoms with E-state index in [4.69, 9.17) is 16.3 Å². The lowest BCUT2D eigenvalue weighted by Crippen LogP contribution is -2.39. The van der Waals surface area contributed by atoms with Gasteiger partial charge in [0.1, 0.15) is 5.75 Å². The number of hydrogen-bond acceptors (Lipinski definition) is 3. The van der Waals surface area contributed by atoms with Crippen molar-refractivity contribution in [1.82, 2.24) is 4.90 Å². The minimum Gasteiger partial charge on any atom is -0.495 e. The Labute approximate surface area is 155 Å². The quantitative estimate of drug-likeness (QED) is 0.841. The largest absolute Gasteiger partial charge is 0.495 e. The van der Waals surface area contributed by atoms with Gasteiger partial charge in [0.2, 0.25) is 0 Å². The molecule has 0 amide bonds. The third-order valence-corrected chi connectivity index (χ3v) is 5.83. The van der Waals surface area contributed by atoms with Crippen LogP contribution in [0.5, 0.6) is 5.75 Å². The molecule has 0 unspecified atom stereocenters. The zero-order valence-corrected chi connectivity index (χ0v) is 16.0. The third-order valence-electron chi connectivity index (χ3n) is 5.53. The van der Waals surface area contributed by atoms with E-state index in [2.05, 4.69) is 54.1 Å². The van der Waals surface area contributed by atoms with E-state index < -0.39 is 0 Å². The molecule has 1 aliphatic carbocycles. The Hall–Kier alpha value is -1.55. The van der Waals surface area contributed by atoms with Crippen LogP contribution in [0.1, 0.15) is 34.6 Å². The molecule has 25 heavy (non-hydrogen) atoms. The SMILES string of the molecule is CN.COc1cc2c(cc1Cl)CCN(C)[C@H]1CCc3ccccc3[C@H]21. The van der Waals surface area contributed by atoms with Crippen LogP contribution in [0.15, 0.2) is 36.4 Å². The van der Waals surface area contributed by atoms with E-state index in [0.29, 0.717) is 12.0 Å². The van der Waals surface area contributed by atoms with E-state index in [9.17, 15) is 0 Å². The van der Waals surface area contributed by atoms with E-state index in [0.717, 1.165) is 23.7 Å². The summed E-state index contributed by atoms with van der Waals surface area (Å²) < 4.78 is 5.50. The van der Waals surface area contributed by atoms with Crippen LogP contribution >= 0.6 is 11.6 Å². The number of hydrogen-bond donors (Lipinski definition) is 1. The number of nitrogens with two attached hydrogens (primary N) is 1. The Morgan fingerprint density at radius 1 is 1.08 bits per heavy atom. The molecule has 134 valence electrons. The molecular formula is C21H27ClN2O. The van der Waals surface area contributed by atoms with E-state index in [-0.39, 0.29) is 0 Å². The predicted octanol–water partition coefficient (Wildman–Crippen LogP) is 3.86. The fraction of sp³-hybridized carbons (Fsp3) is 0.429. The Morgan fingerprint density at radius 3 is 2.60 bits per heavy atom. The van der Waals surface area contributed by atoms with E-state index in [1.165, 1.54) is 42.1 Å². The highest BCUT2D eigenvalue weighted by molar-refractivity contribution is 6.32. The van der Waals surface area contributed by atoms with Crippen molar-refractivity contribution < 1.29 is 4.74 Å². The summed E-state index contributed by atoms with van der Waals surface area (Å²) in [5.41, 5.74) is 10.2. The molecule has 2 aromatic carbocycles. The van der Waals surface area contributed by atoms with Crippen LogP contribution in [0.25, 0.3) is 0 Å². The van der Waals surface area contributed by atoms with Gasteiger partial charge >= 0.3 is 0 Å². The first kappa shape index (κ1) is 18.2. The Kier molecular flexibility index (Phi) is 5.67. The zero-order chi connectivity index (χ0) is 18.0. The summed E-state index contributed by atoms with van der Waals surface area (Å²) in [4.78, 5) is 2.53. The number of nitrogens with zero attached hydrogens (tertiary/aromatic N) is 1. The lowest BCUT2D eigenvalue weighted by molar-refractivity contribution is 0.214. The highest BCUT2D eigenvalue weighted by Crippen LogP contribution is 2.44. The van der Waals surface area contributed by atoms with Crippen LogP contribution in [0, 0.1) is 0 Å². The van der Waals surface area contributed by atoms with Crippen molar-refractivity contribution in [3.8, 4) is 5.75 Å². The number of aryl methyl sites for hydroxylation is 1. The Bertz CT molecular complexity index is 747. The van der Waals surface area contributed by atoms with Crippen molar-refractivity contribution in [2.45, 2.75) is 31.2 Å². The molecule has 2 atom stereocenters. The molecule has 2 aromatic rings. The molecule has 0 radical (unpaired) electrons. The fourth-order valence-corrected chi connectivity index (χ4v) is 4.59. The van der Waals surface area contributed by atoms with Gasteiger partial charge in [0.05, 0.1) is 12.1 Å². The van der Waals surface area contributed by atoms with Gasteiger partial charge in [-0.25, -0.2) is 0 Å². The van der Waals surface area contributed by atoms with Gasteiger partial charge in [-0.05, 0) is 67.7 Å². The van der Waals surface area contributed by atoms with Crippen LogP contribution in [-0.2, 0) is 12.8 Å². The fourth-order valence-electron chi connectivity index (χ4n) is 4.33. The first-order chi connectivity index (χ1) is 12.2. The van der Waals surface area contributed by atoms with Crippen molar-refractivity contribution >= 4 is 11.6 Å². The van der Waals surface area contributed by atoms with Crippen molar-refractivity contribution in [3.63, 3.8) is 0 Å². The summed E-state index contributed by atoms with van der Waals surface area (Å²) in [6, 6.07) is 13.7. The molecule has 0 saturated carbocycles. The molecule has 0 fully saturated rings. The number of benzene rings is 2. The predicted molar refractivity (Wildman–Crippen MR) is 105 cm³/mol. The summed E-state index contributed by atoms with van der Waals surface area (Å²) in [7, 11) is 5.46. The molecule has 1 aliphatic heterocycles. The summed E-state index contributed by atoms with van der Waals surface area (Å²) in [6.45, 7) is 1.08. The number of methoxy groups -OCH3 is 1. The molecule has 2 N–H and O–H groups in total.